The van der Waals surface area contributed by atoms with E-state index in [9.17, 15) is 14.4 Å². The minimum Gasteiger partial charge on any atom is -0.811 e. The van der Waals surface area contributed by atoms with Crippen molar-refractivity contribution in [2.75, 3.05) is 6.16 Å². The van der Waals surface area contributed by atoms with Crippen molar-refractivity contribution in [1.29, 1.82) is 0 Å². The van der Waals surface area contributed by atoms with Gasteiger partial charge in [-0.25, -0.2) is 0 Å². The summed E-state index contributed by atoms with van der Waals surface area (Å²) < 4.78 is 10.4. The Balaban J connectivity index is 0. The third-order valence-corrected chi connectivity index (χ3v) is 2.75. The predicted octanol–water partition coefficient (Wildman–Crippen LogP) is -6.00. The van der Waals surface area contributed by atoms with Gasteiger partial charge in [0.05, 0.1) is 0 Å². The summed E-state index contributed by atoms with van der Waals surface area (Å²) >= 11 is 0. The van der Waals surface area contributed by atoms with E-state index < -0.39 is 7.60 Å². The molecule has 16 heavy (non-hydrogen) atoms. The van der Waals surface area contributed by atoms with Crippen molar-refractivity contribution < 1.29 is 73.5 Å². The topological polar surface area (TPSA) is 89.2 Å². The summed E-state index contributed by atoms with van der Waals surface area (Å²) in [6.45, 7) is 0. The third kappa shape index (κ3) is 8.43. The van der Waals surface area contributed by atoms with Crippen LogP contribution in [0.3, 0.4) is 0 Å². The van der Waals surface area contributed by atoms with Crippen molar-refractivity contribution in [1.82, 2.24) is 0 Å². The van der Waals surface area contributed by atoms with E-state index >= 15 is 0 Å². The van der Waals surface area contributed by atoms with Crippen molar-refractivity contribution in [2.45, 2.75) is 12.5 Å². The zero-order valence-corrected chi connectivity index (χ0v) is 14.5. The summed E-state index contributed by atoms with van der Waals surface area (Å²) in [5, 5.41) is 0. The van der Waals surface area contributed by atoms with Gasteiger partial charge < -0.3 is 20.1 Å². The summed E-state index contributed by atoms with van der Waals surface area (Å²) in [6.07, 6.45) is -0.211. The molecule has 0 aliphatic rings. The van der Waals surface area contributed by atoms with E-state index in [-0.39, 0.29) is 77.7 Å². The van der Waals surface area contributed by atoms with Crippen molar-refractivity contribution in [3.63, 3.8) is 0 Å². The molecule has 0 aliphatic carbocycles. The van der Waals surface area contributed by atoms with E-state index in [2.05, 4.69) is 0 Å². The summed E-state index contributed by atoms with van der Waals surface area (Å²) in [6, 6.07) is 8.73. The smallest absolute Gasteiger partial charge is 0.811 e. The van der Waals surface area contributed by atoms with Crippen LogP contribution in [0.1, 0.15) is 18.0 Å². The Labute approximate surface area is 140 Å². The molecule has 0 radical (unpaired) electrons. The SMILES string of the molecule is NC(CCP(=O)([O-])[O-])c1ccccc1.[Na+].[Na+]. The largest absolute Gasteiger partial charge is 1.00 e. The van der Waals surface area contributed by atoms with Gasteiger partial charge in [-0.05, 0) is 18.1 Å². The molecule has 1 aromatic rings. The monoisotopic (exact) mass is 259 g/mol. The van der Waals surface area contributed by atoms with Crippen LogP contribution >= 0.6 is 7.60 Å². The van der Waals surface area contributed by atoms with Crippen molar-refractivity contribution in [3.8, 4) is 0 Å². The first-order valence-corrected chi connectivity index (χ1v) is 6.03. The maximum absolute atomic E-state index is 10.4. The average Bonchev–Trinajstić information content (AvgIpc) is 2.14. The van der Waals surface area contributed by atoms with Gasteiger partial charge in [-0.2, -0.15) is 0 Å². The van der Waals surface area contributed by atoms with Crippen LogP contribution in [-0.4, -0.2) is 6.16 Å². The first kappa shape index (κ1) is 19.7. The van der Waals surface area contributed by atoms with Gasteiger partial charge in [0.1, 0.15) is 0 Å². The predicted molar refractivity (Wildman–Crippen MR) is 50.5 cm³/mol. The van der Waals surface area contributed by atoms with Gasteiger partial charge in [-0.15, -0.1) is 0 Å². The van der Waals surface area contributed by atoms with E-state index in [1.165, 1.54) is 0 Å². The van der Waals surface area contributed by atoms with Gasteiger partial charge in [-0.3, -0.25) is 0 Å². The second-order valence-electron chi connectivity index (χ2n) is 3.14. The maximum Gasteiger partial charge on any atom is 1.00 e. The van der Waals surface area contributed by atoms with Gasteiger partial charge in [0.15, 0.2) is 0 Å². The molecule has 0 spiro atoms. The molecule has 0 heterocycles. The van der Waals surface area contributed by atoms with Crippen LogP contribution in [0.4, 0.5) is 0 Å². The molecule has 0 aromatic heterocycles. The van der Waals surface area contributed by atoms with Gasteiger partial charge >= 0.3 is 59.1 Å². The number of hydrogen-bond donors (Lipinski definition) is 1. The number of nitrogens with two attached hydrogens (primary N) is 1. The minimum absolute atomic E-state index is 0. The molecule has 0 saturated carbocycles. The molecule has 0 bridgehead atoms. The van der Waals surface area contributed by atoms with Crippen LogP contribution in [0.2, 0.25) is 0 Å². The third-order valence-electron chi connectivity index (χ3n) is 1.94. The fourth-order valence-corrected chi connectivity index (χ4v) is 1.76. The van der Waals surface area contributed by atoms with Crippen molar-refractivity contribution in [3.05, 3.63) is 35.9 Å². The molecule has 4 nitrogen and oxygen atoms in total. The molecule has 1 atom stereocenters. The molecule has 1 rings (SSSR count). The molecule has 7 heteroatoms. The summed E-state index contributed by atoms with van der Waals surface area (Å²) in [4.78, 5) is 20.8. The van der Waals surface area contributed by atoms with Crippen molar-refractivity contribution >= 4 is 7.60 Å². The number of rotatable bonds is 4. The Morgan fingerprint density at radius 2 is 1.69 bits per heavy atom. The zero-order chi connectivity index (χ0) is 10.6. The summed E-state index contributed by atoms with van der Waals surface area (Å²) in [7, 11) is -4.42. The Kier molecular flexibility index (Phi) is 11.4. The summed E-state index contributed by atoms with van der Waals surface area (Å²) in [5.74, 6) is 0. The van der Waals surface area contributed by atoms with Gasteiger partial charge in [0.2, 0.25) is 0 Å². The molecule has 1 unspecified atom stereocenters. The Bertz CT molecular complexity index is 331. The van der Waals surface area contributed by atoms with Crippen LogP contribution in [0, 0.1) is 0 Å². The Morgan fingerprint density at radius 1 is 1.19 bits per heavy atom. The van der Waals surface area contributed by atoms with Gasteiger partial charge in [0, 0.05) is 6.04 Å². The van der Waals surface area contributed by atoms with E-state index in [0.717, 1.165) is 5.56 Å². The van der Waals surface area contributed by atoms with E-state index in [0.29, 0.717) is 0 Å². The van der Waals surface area contributed by atoms with Crippen LogP contribution in [0.5, 0.6) is 0 Å². The van der Waals surface area contributed by atoms with Crippen LogP contribution in [-0.2, 0) is 4.57 Å². The molecule has 0 aliphatic heterocycles. The maximum atomic E-state index is 10.4. The van der Waals surface area contributed by atoms with Crippen LogP contribution < -0.4 is 74.6 Å². The van der Waals surface area contributed by atoms with Crippen LogP contribution in [0.25, 0.3) is 0 Å². The molecule has 2 N–H and O–H groups in total. The number of hydrogen-bond acceptors (Lipinski definition) is 4. The summed E-state index contributed by atoms with van der Waals surface area (Å²) in [5.41, 5.74) is 6.55. The minimum atomic E-state index is -4.42. The normalized spacial score (nSPS) is 12.2. The van der Waals surface area contributed by atoms with Crippen molar-refractivity contribution in [2.24, 2.45) is 5.73 Å². The first-order chi connectivity index (χ1) is 6.49. The van der Waals surface area contributed by atoms with Gasteiger partial charge in [0.25, 0.3) is 0 Å². The number of benzene rings is 1. The molecular weight excluding hydrogens is 247 g/mol. The van der Waals surface area contributed by atoms with E-state index in [1.807, 2.05) is 30.3 Å². The Morgan fingerprint density at radius 3 is 2.12 bits per heavy atom. The second kappa shape index (κ2) is 9.29. The van der Waals surface area contributed by atoms with E-state index in [4.69, 9.17) is 5.73 Å². The molecule has 0 fully saturated rings. The fourth-order valence-electron chi connectivity index (χ4n) is 1.16. The first-order valence-electron chi connectivity index (χ1n) is 4.30. The standard InChI is InChI=1S/C9H14NO3P.2Na/c10-9(6-7-14(11,12)13)8-4-2-1-3-5-8;;/h1-5,9H,6-7,10H2,(H2,11,12,13);;/q;2*+1/p-2. The quantitative estimate of drug-likeness (QED) is 0.430. The fraction of sp³-hybridized carbons (Fsp3) is 0.333. The van der Waals surface area contributed by atoms with Gasteiger partial charge in [-0.1, -0.05) is 37.9 Å². The average molecular weight is 259 g/mol. The molecule has 78 valence electrons. The Hall–Kier alpha value is 1.33. The molecule has 1 aromatic carbocycles. The molecular formula is C9H12NNa2O3P. The molecule has 0 saturated heterocycles. The van der Waals surface area contributed by atoms with E-state index in [1.54, 1.807) is 0 Å². The zero-order valence-electron chi connectivity index (χ0n) is 9.63. The molecule has 0 amide bonds. The second-order valence-corrected chi connectivity index (χ2v) is 4.81. The van der Waals surface area contributed by atoms with Crippen LogP contribution in [0.15, 0.2) is 30.3 Å².